The Morgan fingerprint density at radius 1 is 0.857 bits per heavy atom. The predicted molar refractivity (Wildman–Crippen MR) is 88.2 cm³/mol. The zero-order valence-electron chi connectivity index (χ0n) is 14.1. The number of hydrogen-bond donors (Lipinski definition) is 0. The average molecular weight is 298 g/mol. The maximum Gasteiger partial charge on any atom is 0.189 e. The highest BCUT2D eigenvalue weighted by Crippen LogP contribution is 2.08. The van der Waals surface area contributed by atoms with Crippen LogP contribution in [-0.2, 0) is 14.3 Å². The van der Waals surface area contributed by atoms with Crippen molar-refractivity contribution >= 4 is 6.29 Å². The molecule has 0 unspecified atom stereocenters. The summed E-state index contributed by atoms with van der Waals surface area (Å²) < 4.78 is 10.7. The fraction of sp³-hybridized carbons (Fsp3) is 0.833. The summed E-state index contributed by atoms with van der Waals surface area (Å²) in [7, 11) is 0. The lowest BCUT2D eigenvalue weighted by Gasteiger charge is -2.07. The van der Waals surface area contributed by atoms with Crippen molar-refractivity contribution < 1.29 is 14.3 Å². The van der Waals surface area contributed by atoms with Gasteiger partial charge < -0.3 is 9.47 Å². The van der Waals surface area contributed by atoms with Crippen molar-refractivity contribution in [2.45, 2.75) is 84.5 Å². The van der Waals surface area contributed by atoms with E-state index in [2.05, 4.69) is 13.8 Å². The fourth-order valence-electron chi connectivity index (χ4n) is 2.10. The van der Waals surface area contributed by atoms with E-state index in [9.17, 15) is 4.79 Å². The van der Waals surface area contributed by atoms with Crippen LogP contribution in [0.1, 0.15) is 84.5 Å². The fourth-order valence-corrected chi connectivity index (χ4v) is 2.10. The quantitative estimate of drug-likeness (QED) is 0.126. The molecule has 0 atom stereocenters. The highest BCUT2D eigenvalue weighted by atomic mass is 16.7. The molecule has 3 nitrogen and oxygen atoms in total. The predicted octanol–water partition coefficient (Wildman–Crippen LogP) is 5.39. The largest absolute Gasteiger partial charge is 0.464 e. The van der Waals surface area contributed by atoms with Gasteiger partial charge in [-0.25, -0.2) is 0 Å². The molecule has 0 aliphatic heterocycles. The van der Waals surface area contributed by atoms with Crippen molar-refractivity contribution in [2.75, 3.05) is 13.4 Å². The van der Waals surface area contributed by atoms with Crippen molar-refractivity contribution in [3.63, 3.8) is 0 Å². The van der Waals surface area contributed by atoms with Gasteiger partial charge in [0.25, 0.3) is 0 Å². The standard InChI is InChI=1S/C18H34O3/c1-3-5-7-8-9-10-11-13-15-20-17-21-18(16-19)14-12-6-4-2/h14,16H,3-13,15,17H2,1-2H3/b18-14+. The van der Waals surface area contributed by atoms with E-state index in [4.69, 9.17) is 9.47 Å². The highest BCUT2D eigenvalue weighted by molar-refractivity contribution is 5.69. The summed E-state index contributed by atoms with van der Waals surface area (Å²) in [4.78, 5) is 10.8. The lowest BCUT2D eigenvalue weighted by molar-refractivity contribution is -0.111. The summed E-state index contributed by atoms with van der Waals surface area (Å²) in [5.41, 5.74) is 0. The van der Waals surface area contributed by atoms with Gasteiger partial charge in [0.1, 0.15) is 0 Å². The Morgan fingerprint density at radius 3 is 2.10 bits per heavy atom. The number of hydrogen-bond acceptors (Lipinski definition) is 3. The van der Waals surface area contributed by atoms with E-state index < -0.39 is 0 Å². The summed E-state index contributed by atoms with van der Waals surface area (Å²) in [5, 5.41) is 0. The lowest BCUT2D eigenvalue weighted by atomic mass is 10.1. The van der Waals surface area contributed by atoms with Crippen LogP contribution in [0.15, 0.2) is 11.8 Å². The van der Waals surface area contributed by atoms with Gasteiger partial charge in [-0.15, -0.1) is 0 Å². The van der Waals surface area contributed by atoms with E-state index in [1.54, 1.807) is 0 Å². The van der Waals surface area contributed by atoms with Crippen LogP contribution in [-0.4, -0.2) is 19.7 Å². The smallest absolute Gasteiger partial charge is 0.189 e. The molecule has 0 saturated heterocycles. The minimum absolute atomic E-state index is 0.188. The first-order chi connectivity index (χ1) is 10.3. The van der Waals surface area contributed by atoms with Gasteiger partial charge in [-0.05, 0) is 25.3 Å². The summed E-state index contributed by atoms with van der Waals surface area (Å²) in [6, 6.07) is 0. The van der Waals surface area contributed by atoms with Crippen LogP contribution in [0.25, 0.3) is 0 Å². The molecule has 0 aliphatic carbocycles. The molecular formula is C18H34O3. The molecule has 21 heavy (non-hydrogen) atoms. The third kappa shape index (κ3) is 15.4. The van der Waals surface area contributed by atoms with Gasteiger partial charge in [0, 0.05) is 0 Å². The molecule has 124 valence electrons. The minimum atomic E-state index is 0.188. The highest BCUT2D eigenvalue weighted by Gasteiger charge is 1.96. The van der Waals surface area contributed by atoms with Crippen LogP contribution in [0, 0.1) is 0 Å². The number of unbranched alkanes of at least 4 members (excludes halogenated alkanes) is 9. The van der Waals surface area contributed by atoms with Crippen LogP contribution in [0.5, 0.6) is 0 Å². The topological polar surface area (TPSA) is 35.5 Å². The minimum Gasteiger partial charge on any atom is -0.464 e. The van der Waals surface area contributed by atoms with Crippen LogP contribution in [0.2, 0.25) is 0 Å². The molecule has 0 radical (unpaired) electrons. The number of ether oxygens (including phenoxy) is 2. The molecule has 0 aromatic heterocycles. The zero-order chi connectivity index (χ0) is 15.6. The first kappa shape index (κ1) is 20.2. The number of carbonyl (C=O) groups excluding carboxylic acids is 1. The van der Waals surface area contributed by atoms with Crippen molar-refractivity contribution in [1.29, 1.82) is 0 Å². The Hall–Kier alpha value is -0.830. The molecule has 3 heteroatoms. The molecular weight excluding hydrogens is 264 g/mol. The van der Waals surface area contributed by atoms with Crippen LogP contribution in [0.3, 0.4) is 0 Å². The van der Waals surface area contributed by atoms with E-state index in [1.165, 1.54) is 44.9 Å². The molecule has 0 aromatic rings. The lowest BCUT2D eigenvalue weighted by Crippen LogP contribution is -2.02. The Morgan fingerprint density at radius 2 is 1.48 bits per heavy atom. The third-order valence-corrected chi connectivity index (χ3v) is 3.47. The number of allylic oxidation sites excluding steroid dienone is 2. The Bertz CT molecular complexity index is 249. The second kappa shape index (κ2) is 17.2. The second-order valence-corrected chi connectivity index (χ2v) is 5.51. The van der Waals surface area contributed by atoms with Gasteiger partial charge in [0.05, 0.1) is 6.61 Å². The van der Waals surface area contributed by atoms with E-state index in [0.717, 1.165) is 38.6 Å². The maximum absolute atomic E-state index is 10.8. The van der Waals surface area contributed by atoms with E-state index in [0.29, 0.717) is 5.76 Å². The molecule has 0 bridgehead atoms. The zero-order valence-corrected chi connectivity index (χ0v) is 14.1. The van der Waals surface area contributed by atoms with E-state index in [1.807, 2.05) is 6.08 Å². The molecule has 0 amide bonds. The molecule has 0 spiro atoms. The molecule has 0 heterocycles. The summed E-state index contributed by atoms with van der Waals surface area (Å²) in [6.45, 7) is 5.28. The number of rotatable bonds is 16. The average Bonchev–Trinajstić information content (AvgIpc) is 2.51. The number of aldehydes is 1. The van der Waals surface area contributed by atoms with Gasteiger partial charge in [-0.2, -0.15) is 0 Å². The van der Waals surface area contributed by atoms with E-state index >= 15 is 0 Å². The van der Waals surface area contributed by atoms with Crippen molar-refractivity contribution in [1.82, 2.24) is 0 Å². The number of carbonyl (C=O) groups is 1. The normalized spacial score (nSPS) is 11.6. The van der Waals surface area contributed by atoms with Crippen LogP contribution >= 0.6 is 0 Å². The molecule has 0 aromatic carbocycles. The maximum atomic E-state index is 10.8. The van der Waals surface area contributed by atoms with Crippen molar-refractivity contribution in [3.05, 3.63) is 11.8 Å². The van der Waals surface area contributed by atoms with Gasteiger partial charge in [0.15, 0.2) is 18.8 Å². The van der Waals surface area contributed by atoms with Crippen molar-refractivity contribution in [3.8, 4) is 0 Å². The molecule has 0 aliphatic rings. The summed E-state index contributed by atoms with van der Waals surface area (Å²) in [5.74, 6) is 0.402. The summed E-state index contributed by atoms with van der Waals surface area (Å²) >= 11 is 0. The SMILES string of the molecule is CCCC/C=C(\C=O)OCOCCCCCCCCCC. The van der Waals surface area contributed by atoms with E-state index in [-0.39, 0.29) is 6.79 Å². The monoisotopic (exact) mass is 298 g/mol. The molecule has 0 N–H and O–H groups in total. The molecule has 0 fully saturated rings. The van der Waals surface area contributed by atoms with Crippen molar-refractivity contribution in [2.24, 2.45) is 0 Å². The van der Waals surface area contributed by atoms with Crippen LogP contribution < -0.4 is 0 Å². The van der Waals surface area contributed by atoms with Gasteiger partial charge in [-0.1, -0.05) is 65.2 Å². The Labute approximate surface area is 131 Å². The molecule has 0 saturated carbocycles. The van der Waals surface area contributed by atoms with Gasteiger partial charge in [-0.3, -0.25) is 4.79 Å². The first-order valence-electron chi connectivity index (χ1n) is 8.71. The second-order valence-electron chi connectivity index (χ2n) is 5.51. The van der Waals surface area contributed by atoms with Crippen LogP contribution in [0.4, 0.5) is 0 Å². The molecule has 0 rings (SSSR count). The Kier molecular flexibility index (Phi) is 16.5. The first-order valence-corrected chi connectivity index (χ1v) is 8.71. The summed E-state index contributed by atoms with van der Waals surface area (Å²) in [6.07, 6.45) is 16.0. The van der Waals surface area contributed by atoms with Gasteiger partial charge in [0.2, 0.25) is 0 Å². The Balaban J connectivity index is 3.30. The third-order valence-electron chi connectivity index (χ3n) is 3.47. The van der Waals surface area contributed by atoms with Gasteiger partial charge >= 0.3 is 0 Å².